The largest absolute Gasteiger partial charge is 0.379 e. The van der Waals surface area contributed by atoms with Crippen molar-refractivity contribution in [3.63, 3.8) is 0 Å². The Morgan fingerprint density at radius 3 is 2.65 bits per heavy atom. The molecule has 0 radical (unpaired) electrons. The number of thiophene rings is 1. The van der Waals surface area contributed by atoms with Crippen molar-refractivity contribution in [2.75, 3.05) is 39.9 Å². The summed E-state index contributed by atoms with van der Waals surface area (Å²) in [4.78, 5) is 13.0. The first-order chi connectivity index (χ1) is 14.8. The lowest BCUT2D eigenvalue weighted by atomic mass is 10.2. The highest BCUT2D eigenvalue weighted by Gasteiger charge is 2.23. The maximum atomic E-state index is 5.53. The molecule has 3 aromatic rings. The van der Waals surface area contributed by atoms with E-state index in [2.05, 4.69) is 55.6 Å². The van der Waals surface area contributed by atoms with E-state index in [1.165, 1.54) is 4.88 Å². The number of aliphatic imine (C=N–C) groups is 1. The van der Waals surface area contributed by atoms with Gasteiger partial charge in [0.05, 0.1) is 31.5 Å². The summed E-state index contributed by atoms with van der Waals surface area (Å²) in [6.07, 6.45) is 0. The first kappa shape index (κ1) is 24.1. The molecule has 3 heterocycles. The fourth-order valence-corrected chi connectivity index (χ4v) is 5.09. The number of nitrogens with zero attached hydrogens (tertiary/aromatic N) is 3. The molecule has 2 aromatic heterocycles. The van der Waals surface area contributed by atoms with Gasteiger partial charge in [0.1, 0.15) is 5.01 Å². The van der Waals surface area contributed by atoms with E-state index >= 15 is 0 Å². The average molecular weight is 570 g/mol. The van der Waals surface area contributed by atoms with Crippen LogP contribution in [0.3, 0.4) is 0 Å². The highest BCUT2D eigenvalue weighted by Crippen LogP contribution is 2.25. The number of hydrogen-bond acceptors (Lipinski definition) is 6. The first-order valence-corrected chi connectivity index (χ1v) is 11.9. The minimum absolute atomic E-state index is 0. The maximum Gasteiger partial charge on any atom is 0.191 e. The third-order valence-corrected chi connectivity index (χ3v) is 6.90. The SMILES string of the molecule is CN=C(NCc1nc(-c2ccccc2)cs1)NCC(c1cccs1)N1CCOCC1.I. The summed E-state index contributed by atoms with van der Waals surface area (Å²) in [6.45, 7) is 4.95. The fourth-order valence-electron chi connectivity index (χ4n) is 3.49. The molecule has 1 aromatic carbocycles. The van der Waals surface area contributed by atoms with Crippen LogP contribution >= 0.6 is 46.7 Å². The summed E-state index contributed by atoms with van der Waals surface area (Å²) in [7, 11) is 1.81. The van der Waals surface area contributed by atoms with Gasteiger partial charge in [-0.1, -0.05) is 36.4 Å². The Balaban J connectivity index is 0.00000272. The quantitative estimate of drug-likeness (QED) is 0.254. The Morgan fingerprint density at radius 1 is 1.13 bits per heavy atom. The summed E-state index contributed by atoms with van der Waals surface area (Å²) in [6, 6.07) is 14.9. The molecule has 166 valence electrons. The number of hydrogen-bond donors (Lipinski definition) is 2. The third kappa shape index (κ3) is 6.72. The van der Waals surface area contributed by atoms with E-state index in [0.717, 1.165) is 55.1 Å². The van der Waals surface area contributed by atoms with Crippen LogP contribution in [-0.2, 0) is 11.3 Å². The summed E-state index contributed by atoms with van der Waals surface area (Å²) >= 11 is 3.47. The third-order valence-electron chi connectivity index (χ3n) is 5.07. The van der Waals surface area contributed by atoms with Crippen LogP contribution in [0.25, 0.3) is 11.3 Å². The summed E-state index contributed by atoms with van der Waals surface area (Å²) < 4.78 is 5.53. The van der Waals surface area contributed by atoms with Crippen molar-refractivity contribution >= 4 is 52.6 Å². The van der Waals surface area contributed by atoms with E-state index < -0.39 is 0 Å². The van der Waals surface area contributed by atoms with E-state index in [9.17, 15) is 0 Å². The number of benzene rings is 1. The van der Waals surface area contributed by atoms with E-state index in [0.29, 0.717) is 12.6 Å². The summed E-state index contributed by atoms with van der Waals surface area (Å²) in [5.41, 5.74) is 2.16. The van der Waals surface area contributed by atoms with Crippen molar-refractivity contribution in [2.24, 2.45) is 4.99 Å². The van der Waals surface area contributed by atoms with Gasteiger partial charge >= 0.3 is 0 Å². The average Bonchev–Trinajstić information content (AvgIpc) is 3.50. The lowest BCUT2D eigenvalue weighted by Gasteiger charge is -2.34. The second kappa shape index (κ2) is 12.5. The minimum Gasteiger partial charge on any atom is -0.379 e. The minimum atomic E-state index is 0. The van der Waals surface area contributed by atoms with Crippen molar-refractivity contribution in [2.45, 2.75) is 12.6 Å². The van der Waals surface area contributed by atoms with Gasteiger partial charge in [-0.05, 0) is 11.4 Å². The number of nitrogens with one attached hydrogen (secondary N) is 2. The molecule has 0 saturated carbocycles. The Bertz CT molecular complexity index is 927. The Hall–Kier alpha value is -1.53. The van der Waals surface area contributed by atoms with Gasteiger partial charge in [-0.2, -0.15) is 0 Å². The summed E-state index contributed by atoms with van der Waals surface area (Å²) in [5, 5.41) is 12.2. The van der Waals surface area contributed by atoms with Gasteiger partial charge in [0.25, 0.3) is 0 Å². The molecular weight excluding hydrogens is 541 g/mol. The van der Waals surface area contributed by atoms with E-state index in [1.54, 1.807) is 22.7 Å². The molecule has 9 heteroatoms. The number of morpholine rings is 1. The molecule has 1 aliphatic heterocycles. The number of halogens is 1. The number of ether oxygens (including phenoxy) is 1. The van der Waals surface area contributed by atoms with Gasteiger partial charge in [-0.15, -0.1) is 46.7 Å². The van der Waals surface area contributed by atoms with Crippen LogP contribution in [-0.4, -0.2) is 55.7 Å². The Morgan fingerprint density at radius 2 is 1.94 bits per heavy atom. The molecule has 6 nitrogen and oxygen atoms in total. The van der Waals surface area contributed by atoms with Gasteiger partial charge in [-0.3, -0.25) is 9.89 Å². The van der Waals surface area contributed by atoms with Gasteiger partial charge in [0, 0.05) is 42.5 Å². The van der Waals surface area contributed by atoms with Crippen molar-refractivity contribution in [3.05, 3.63) is 63.1 Å². The van der Waals surface area contributed by atoms with Crippen LogP contribution in [0.4, 0.5) is 0 Å². The molecule has 4 rings (SSSR count). The molecule has 1 fully saturated rings. The smallest absolute Gasteiger partial charge is 0.191 e. The van der Waals surface area contributed by atoms with E-state index in [1.807, 2.05) is 25.2 Å². The zero-order valence-corrected chi connectivity index (χ0v) is 21.5. The van der Waals surface area contributed by atoms with Crippen molar-refractivity contribution in [3.8, 4) is 11.3 Å². The highest BCUT2D eigenvalue weighted by molar-refractivity contribution is 14.0. The highest BCUT2D eigenvalue weighted by atomic mass is 127. The Labute approximate surface area is 208 Å². The number of aromatic nitrogens is 1. The zero-order valence-electron chi connectivity index (χ0n) is 17.5. The molecule has 0 spiro atoms. The number of guanidine groups is 1. The molecule has 2 N–H and O–H groups in total. The van der Waals surface area contributed by atoms with Gasteiger partial charge in [0.15, 0.2) is 5.96 Å². The lowest BCUT2D eigenvalue weighted by molar-refractivity contribution is 0.0177. The van der Waals surface area contributed by atoms with Crippen molar-refractivity contribution in [1.82, 2.24) is 20.5 Å². The van der Waals surface area contributed by atoms with Crippen molar-refractivity contribution < 1.29 is 4.74 Å². The van der Waals surface area contributed by atoms with Crippen LogP contribution in [0.5, 0.6) is 0 Å². The van der Waals surface area contributed by atoms with Crippen LogP contribution in [0, 0.1) is 0 Å². The van der Waals surface area contributed by atoms with Gasteiger partial charge in [-0.25, -0.2) is 4.98 Å². The van der Waals surface area contributed by atoms with E-state index in [4.69, 9.17) is 9.72 Å². The van der Waals surface area contributed by atoms with Crippen molar-refractivity contribution in [1.29, 1.82) is 0 Å². The number of thiazole rings is 1. The second-order valence-electron chi connectivity index (χ2n) is 6.98. The molecule has 1 unspecified atom stereocenters. The normalized spacial score (nSPS) is 15.8. The summed E-state index contributed by atoms with van der Waals surface area (Å²) in [5.74, 6) is 0.793. The lowest BCUT2D eigenvalue weighted by Crippen LogP contribution is -2.46. The fraction of sp³-hybridized carbons (Fsp3) is 0.364. The molecule has 1 aliphatic rings. The van der Waals surface area contributed by atoms with Gasteiger partial charge < -0.3 is 15.4 Å². The molecule has 0 amide bonds. The predicted molar refractivity (Wildman–Crippen MR) is 141 cm³/mol. The van der Waals surface area contributed by atoms with Gasteiger partial charge in [0.2, 0.25) is 0 Å². The Kier molecular flexibility index (Phi) is 9.72. The molecule has 0 aliphatic carbocycles. The van der Waals surface area contributed by atoms with Crippen LogP contribution in [0.15, 0.2) is 58.2 Å². The maximum absolute atomic E-state index is 5.53. The standard InChI is InChI=1S/C22H27N5OS2.HI/c1-23-22(25-15-21-26-18(16-30-21)17-6-3-2-4-7-17)24-14-19(20-8-5-13-29-20)27-9-11-28-12-10-27;/h2-8,13,16,19H,9-12,14-15H2,1H3,(H2,23,24,25);1H. The molecule has 1 atom stereocenters. The topological polar surface area (TPSA) is 61.8 Å². The molecule has 0 bridgehead atoms. The van der Waals surface area contributed by atoms with Crippen LogP contribution in [0.2, 0.25) is 0 Å². The molecular formula is C22H28IN5OS2. The van der Waals surface area contributed by atoms with Crippen LogP contribution < -0.4 is 10.6 Å². The molecule has 31 heavy (non-hydrogen) atoms. The second-order valence-corrected chi connectivity index (χ2v) is 8.90. The van der Waals surface area contributed by atoms with E-state index in [-0.39, 0.29) is 24.0 Å². The van der Waals surface area contributed by atoms with Crippen LogP contribution in [0.1, 0.15) is 15.9 Å². The monoisotopic (exact) mass is 569 g/mol. The molecule has 1 saturated heterocycles. The first-order valence-electron chi connectivity index (χ1n) is 10.1. The zero-order chi connectivity index (χ0) is 20.6. The predicted octanol–water partition coefficient (Wildman–Crippen LogP) is 4.23. The number of rotatable bonds is 7.